The topological polar surface area (TPSA) is 48.3 Å². The molecule has 1 fully saturated rings. The minimum atomic E-state index is 0.188. The largest absolute Gasteiger partial charge is 0.377 e. The van der Waals surface area contributed by atoms with Crippen molar-refractivity contribution in [2.75, 3.05) is 20.3 Å². The molecule has 1 N–H and O–H groups in total. The van der Waals surface area contributed by atoms with Crippen LogP contribution in [-0.2, 0) is 16.0 Å². The molecule has 5 heteroatoms. The minimum absolute atomic E-state index is 0.188. The van der Waals surface area contributed by atoms with Gasteiger partial charge in [-0.15, -0.1) is 0 Å². The highest BCUT2D eigenvalue weighted by Gasteiger charge is 2.41. The Bertz CT molecular complexity index is 316. The van der Waals surface area contributed by atoms with Crippen molar-refractivity contribution in [3.05, 3.63) is 18.5 Å². The van der Waals surface area contributed by atoms with E-state index in [1.807, 2.05) is 23.9 Å². The molecular formula is C12H21N3O2. The monoisotopic (exact) mass is 239 g/mol. The van der Waals surface area contributed by atoms with Crippen LogP contribution in [0.15, 0.2) is 18.5 Å². The fourth-order valence-corrected chi connectivity index (χ4v) is 2.27. The number of methoxy groups -OCH3 is 1. The lowest BCUT2D eigenvalue weighted by Gasteiger charge is -2.43. The Balaban J connectivity index is 1.66. The summed E-state index contributed by atoms with van der Waals surface area (Å²) in [5.41, 5.74) is 0. The highest BCUT2D eigenvalue weighted by Crippen LogP contribution is 2.26. The molecule has 1 aliphatic carbocycles. The average molecular weight is 239 g/mol. The molecule has 3 atom stereocenters. The van der Waals surface area contributed by atoms with Crippen molar-refractivity contribution in [3.8, 4) is 0 Å². The summed E-state index contributed by atoms with van der Waals surface area (Å²) >= 11 is 0. The summed E-state index contributed by atoms with van der Waals surface area (Å²) in [4.78, 5) is 0. The number of rotatable bonds is 7. The van der Waals surface area contributed by atoms with Gasteiger partial charge in [0.1, 0.15) is 0 Å². The van der Waals surface area contributed by atoms with Gasteiger partial charge in [-0.25, -0.2) is 0 Å². The van der Waals surface area contributed by atoms with E-state index in [-0.39, 0.29) is 12.2 Å². The number of ether oxygens (including phenoxy) is 2. The third kappa shape index (κ3) is 3.06. The van der Waals surface area contributed by atoms with Crippen molar-refractivity contribution >= 4 is 0 Å². The van der Waals surface area contributed by atoms with Crippen LogP contribution in [0.3, 0.4) is 0 Å². The summed E-state index contributed by atoms with van der Waals surface area (Å²) in [6.45, 7) is 4.57. The lowest BCUT2D eigenvalue weighted by Crippen LogP contribution is -2.60. The molecule has 17 heavy (non-hydrogen) atoms. The molecule has 0 aromatic carbocycles. The fourth-order valence-electron chi connectivity index (χ4n) is 2.27. The first-order chi connectivity index (χ1) is 8.35. The predicted octanol–water partition coefficient (Wildman–Crippen LogP) is 0.665. The van der Waals surface area contributed by atoms with Crippen molar-refractivity contribution < 1.29 is 9.47 Å². The summed E-state index contributed by atoms with van der Waals surface area (Å²) in [7, 11) is 1.75. The van der Waals surface area contributed by atoms with Gasteiger partial charge in [-0.3, -0.25) is 4.68 Å². The zero-order valence-corrected chi connectivity index (χ0v) is 10.5. The first kappa shape index (κ1) is 12.5. The highest BCUT2D eigenvalue weighted by molar-refractivity contribution is 4.97. The first-order valence-electron chi connectivity index (χ1n) is 6.20. The maximum Gasteiger partial charge on any atom is 0.0986 e. The molecule has 1 heterocycles. The minimum Gasteiger partial charge on any atom is -0.377 e. The molecule has 1 saturated carbocycles. The SMILES string of the molecule is CCOC1CC(NCCn2cccn2)C1OC. The number of hydrogen-bond donors (Lipinski definition) is 1. The third-order valence-electron chi connectivity index (χ3n) is 3.21. The highest BCUT2D eigenvalue weighted by atomic mass is 16.5. The molecule has 96 valence electrons. The van der Waals surface area contributed by atoms with E-state index in [4.69, 9.17) is 9.47 Å². The van der Waals surface area contributed by atoms with E-state index < -0.39 is 0 Å². The Morgan fingerprint density at radius 1 is 1.53 bits per heavy atom. The predicted molar refractivity (Wildman–Crippen MR) is 64.8 cm³/mol. The summed E-state index contributed by atoms with van der Waals surface area (Å²) in [6.07, 6.45) is 5.25. The van der Waals surface area contributed by atoms with Crippen LogP contribution in [0.1, 0.15) is 13.3 Å². The van der Waals surface area contributed by atoms with E-state index in [1.165, 1.54) is 0 Å². The Kier molecular flexibility index (Phi) is 4.53. The van der Waals surface area contributed by atoms with Crippen molar-refractivity contribution in [2.24, 2.45) is 0 Å². The molecular weight excluding hydrogens is 218 g/mol. The van der Waals surface area contributed by atoms with E-state index in [0.717, 1.165) is 26.1 Å². The van der Waals surface area contributed by atoms with E-state index in [9.17, 15) is 0 Å². The van der Waals surface area contributed by atoms with Crippen LogP contribution in [0, 0.1) is 0 Å². The quantitative estimate of drug-likeness (QED) is 0.759. The molecule has 0 aliphatic heterocycles. The van der Waals surface area contributed by atoms with Gasteiger partial charge in [0.2, 0.25) is 0 Å². The molecule has 0 radical (unpaired) electrons. The van der Waals surface area contributed by atoms with Gasteiger partial charge in [-0.2, -0.15) is 5.10 Å². The van der Waals surface area contributed by atoms with Crippen LogP contribution in [0.25, 0.3) is 0 Å². The number of hydrogen-bond acceptors (Lipinski definition) is 4. The van der Waals surface area contributed by atoms with Crippen LogP contribution in [0.2, 0.25) is 0 Å². The molecule has 2 rings (SSSR count). The van der Waals surface area contributed by atoms with E-state index in [2.05, 4.69) is 10.4 Å². The van der Waals surface area contributed by atoms with Crippen molar-refractivity contribution in [2.45, 2.75) is 38.1 Å². The number of aromatic nitrogens is 2. The smallest absolute Gasteiger partial charge is 0.0986 e. The zero-order chi connectivity index (χ0) is 12.1. The van der Waals surface area contributed by atoms with Gasteiger partial charge in [0.25, 0.3) is 0 Å². The Morgan fingerprint density at radius 2 is 2.41 bits per heavy atom. The summed E-state index contributed by atoms with van der Waals surface area (Å²) in [5, 5.41) is 7.64. The second kappa shape index (κ2) is 6.14. The standard InChI is InChI=1S/C12H21N3O2/c1-3-17-11-9-10(12(11)16-2)13-6-8-15-7-4-5-14-15/h4-5,7,10-13H,3,6,8-9H2,1-2H3. The summed E-state index contributed by atoms with van der Waals surface area (Å²) in [5.74, 6) is 0. The van der Waals surface area contributed by atoms with E-state index in [1.54, 1.807) is 13.3 Å². The van der Waals surface area contributed by atoms with Crippen LogP contribution in [-0.4, -0.2) is 48.3 Å². The number of nitrogens with zero attached hydrogens (tertiary/aromatic N) is 2. The number of nitrogens with one attached hydrogen (secondary N) is 1. The van der Waals surface area contributed by atoms with Crippen LogP contribution < -0.4 is 5.32 Å². The van der Waals surface area contributed by atoms with Gasteiger partial charge in [0.15, 0.2) is 0 Å². The molecule has 0 saturated heterocycles. The van der Waals surface area contributed by atoms with Crippen molar-refractivity contribution in [3.63, 3.8) is 0 Å². The molecule has 1 aromatic rings. The Hall–Kier alpha value is -0.910. The molecule has 0 spiro atoms. The summed E-state index contributed by atoms with van der Waals surface area (Å²) in [6, 6.07) is 2.35. The molecule has 5 nitrogen and oxygen atoms in total. The van der Waals surface area contributed by atoms with Gasteiger partial charge < -0.3 is 14.8 Å². The van der Waals surface area contributed by atoms with Gasteiger partial charge in [-0.1, -0.05) is 0 Å². The van der Waals surface area contributed by atoms with Crippen LogP contribution in [0.5, 0.6) is 0 Å². The molecule has 1 aromatic heterocycles. The normalized spacial score (nSPS) is 28.0. The first-order valence-corrected chi connectivity index (χ1v) is 6.20. The Labute approximate surface area is 102 Å². The summed E-state index contributed by atoms with van der Waals surface area (Å²) < 4.78 is 12.9. The second-order valence-corrected chi connectivity index (χ2v) is 4.26. The maximum absolute atomic E-state index is 5.58. The van der Waals surface area contributed by atoms with Gasteiger partial charge in [0, 0.05) is 38.7 Å². The zero-order valence-electron chi connectivity index (χ0n) is 10.5. The van der Waals surface area contributed by atoms with Crippen molar-refractivity contribution in [1.82, 2.24) is 15.1 Å². The average Bonchev–Trinajstić information content (AvgIpc) is 2.80. The molecule has 0 amide bonds. The fraction of sp³-hybridized carbons (Fsp3) is 0.750. The second-order valence-electron chi connectivity index (χ2n) is 4.26. The molecule has 1 aliphatic rings. The van der Waals surface area contributed by atoms with Gasteiger partial charge >= 0.3 is 0 Å². The van der Waals surface area contributed by atoms with Gasteiger partial charge in [-0.05, 0) is 19.4 Å². The van der Waals surface area contributed by atoms with Crippen LogP contribution >= 0.6 is 0 Å². The maximum atomic E-state index is 5.58. The van der Waals surface area contributed by atoms with E-state index in [0.29, 0.717) is 6.04 Å². The third-order valence-corrected chi connectivity index (χ3v) is 3.21. The molecule has 0 bridgehead atoms. The molecule has 3 unspecified atom stereocenters. The lowest BCUT2D eigenvalue weighted by molar-refractivity contribution is -0.131. The van der Waals surface area contributed by atoms with Crippen molar-refractivity contribution in [1.29, 1.82) is 0 Å². The van der Waals surface area contributed by atoms with Crippen LogP contribution in [0.4, 0.5) is 0 Å². The lowest BCUT2D eigenvalue weighted by atomic mass is 9.85. The van der Waals surface area contributed by atoms with E-state index >= 15 is 0 Å². The van der Waals surface area contributed by atoms with Gasteiger partial charge in [0.05, 0.1) is 18.8 Å². The Morgan fingerprint density at radius 3 is 3.06 bits per heavy atom.